The zero-order valence-electron chi connectivity index (χ0n) is 13.8. The van der Waals surface area contributed by atoms with Crippen molar-refractivity contribution in [3.63, 3.8) is 0 Å². The van der Waals surface area contributed by atoms with Crippen LogP contribution < -0.4 is 10.2 Å². The van der Waals surface area contributed by atoms with Gasteiger partial charge in [0.25, 0.3) is 5.91 Å². The summed E-state index contributed by atoms with van der Waals surface area (Å²) in [4.78, 5) is 29.9. The quantitative estimate of drug-likeness (QED) is 0.648. The highest BCUT2D eigenvalue weighted by Crippen LogP contribution is 2.32. The van der Waals surface area contributed by atoms with Gasteiger partial charge in [-0.1, -0.05) is 41.4 Å². The Morgan fingerprint density at radius 2 is 1.77 bits per heavy atom. The Morgan fingerprint density at radius 3 is 2.50 bits per heavy atom. The molecule has 132 valence electrons. The van der Waals surface area contributed by atoms with Gasteiger partial charge in [0.1, 0.15) is 5.54 Å². The minimum atomic E-state index is -1.06. The van der Waals surface area contributed by atoms with E-state index in [2.05, 4.69) is 10.3 Å². The summed E-state index contributed by atoms with van der Waals surface area (Å²) < 4.78 is 0. The van der Waals surface area contributed by atoms with Crippen LogP contribution in [-0.4, -0.2) is 22.5 Å². The molecule has 1 aromatic heterocycles. The first-order valence-electron chi connectivity index (χ1n) is 8.05. The molecule has 5 nitrogen and oxygen atoms in total. The molecule has 1 aliphatic rings. The van der Waals surface area contributed by atoms with Gasteiger partial charge >= 0.3 is 6.03 Å². The summed E-state index contributed by atoms with van der Waals surface area (Å²) in [5, 5.41) is 4.55. The number of anilines is 1. The molecule has 1 unspecified atom stereocenters. The summed E-state index contributed by atoms with van der Waals surface area (Å²) >= 11 is 12.0. The number of imide groups is 1. The number of nitrogens with zero attached hydrogens (tertiary/aromatic N) is 1. The summed E-state index contributed by atoms with van der Waals surface area (Å²) in [6.07, 6.45) is 2.24. The second kappa shape index (κ2) is 6.04. The largest absolute Gasteiger partial charge is 0.361 e. The van der Waals surface area contributed by atoms with E-state index < -0.39 is 11.6 Å². The number of aromatic nitrogens is 1. The number of hydrogen-bond acceptors (Lipinski definition) is 2. The lowest BCUT2D eigenvalue weighted by Crippen LogP contribution is -2.46. The van der Waals surface area contributed by atoms with Crippen molar-refractivity contribution in [2.24, 2.45) is 0 Å². The lowest BCUT2D eigenvalue weighted by atomic mass is 9.92. The summed E-state index contributed by atoms with van der Waals surface area (Å²) in [6.45, 7) is 1.72. The highest BCUT2D eigenvalue weighted by Gasteiger charge is 2.48. The number of urea groups is 1. The van der Waals surface area contributed by atoms with Crippen molar-refractivity contribution in [1.82, 2.24) is 10.3 Å². The molecule has 3 amide bonds. The number of fused-ring (bicyclic) bond motifs is 1. The van der Waals surface area contributed by atoms with Crippen molar-refractivity contribution >= 4 is 51.7 Å². The van der Waals surface area contributed by atoms with Crippen molar-refractivity contribution in [1.29, 1.82) is 0 Å². The van der Waals surface area contributed by atoms with Crippen LogP contribution in [0.3, 0.4) is 0 Å². The van der Waals surface area contributed by atoms with E-state index in [0.29, 0.717) is 22.2 Å². The molecule has 0 radical (unpaired) electrons. The van der Waals surface area contributed by atoms with Crippen LogP contribution in [0.2, 0.25) is 10.0 Å². The second-order valence-corrected chi connectivity index (χ2v) is 7.44. The fourth-order valence-corrected chi connectivity index (χ4v) is 3.88. The Morgan fingerprint density at radius 1 is 1.08 bits per heavy atom. The van der Waals surface area contributed by atoms with Crippen LogP contribution in [0.1, 0.15) is 12.5 Å². The van der Waals surface area contributed by atoms with Crippen LogP contribution in [-0.2, 0) is 11.2 Å². The van der Waals surface area contributed by atoms with E-state index in [0.717, 1.165) is 21.4 Å². The van der Waals surface area contributed by atoms with Crippen molar-refractivity contribution in [2.75, 3.05) is 4.90 Å². The van der Waals surface area contributed by atoms with Gasteiger partial charge in [0, 0.05) is 33.6 Å². The van der Waals surface area contributed by atoms with Crippen molar-refractivity contribution in [3.05, 3.63) is 64.3 Å². The van der Waals surface area contributed by atoms with Gasteiger partial charge in [-0.3, -0.25) is 4.79 Å². The number of hydrogen-bond donors (Lipinski definition) is 2. The molecule has 2 aromatic carbocycles. The van der Waals surface area contributed by atoms with Crippen LogP contribution in [0.4, 0.5) is 10.5 Å². The molecular formula is C19H15Cl2N3O2. The van der Waals surface area contributed by atoms with E-state index in [-0.39, 0.29) is 5.91 Å². The van der Waals surface area contributed by atoms with E-state index in [1.165, 1.54) is 0 Å². The number of nitrogens with one attached hydrogen (secondary N) is 2. The summed E-state index contributed by atoms with van der Waals surface area (Å²) in [6, 6.07) is 12.0. The van der Waals surface area contributed by atoms with E-state index in [1.807, 2.05) is 30.5 Å². The van der Waals surface area contributed by atoms with Gasteiger partial charge in [0.05, 0.1) is 5.69 Å². The molecule has 0 bridgehead atoms. The highest BCUT2D eigenvalue weighted by atomic mass is 35.5. The third-order valence-corrected chi connectivity index (χ3v) is 5.02. The molecule has 4 rings (SSSR count). The average molecular weight is 388 g/mol. The molecule has 7 heteroatoms. The number of carbonyl (C=O) groups is 2. The number of carbonyl (C=O) groups excluding carboxylic acids is 2. The molecule has 0 saturated carbocycles. The van der Waals surface area contributed by atoms with E-state index in [4.69, 9.17) is 23.2 Å². The first-order valence-corrected chi connectivity index (χ1v) is 8.81. The second-order valence-electron chi connectivity index (χ2n) is 6.57. The van der Waals surface area contributed by atoms with Crippen molar-refractivity contribution < 1.29 is 9.59 Å². The number of amides is 3. The third-order valence-electron chi connectivity index (χ3n) is 4.59. The molecule has 0 spiro atoms. The average Bonchev–Trinajstić information content (AvgIpc) is 3.06. The lowest BCUT2D eigenvalue weighted by Gasteiger charge is -2.21. The molecule has 1 atom stereocenters. The Hall–Kier alpha value is -2.50. The molecule has 1 saturated heterocycles. The molecule has 0 aliphatic carbocycles. The first kappa shape index (κ1) is 16.9. The van der Waals surface area contributed by atoms with Crippen LogP contribution in [0.15, 0.2) is 48.7 Å². The van der Waals surface area contributed by atoms with E-state index in [9.17, 15) is 9.59 Å². The predicted octanol–water partition coefficient (Wildman–Crippen LogP) is 4.53. The Kier molecular flexibility index (Phi) is 3.93. The molecule has 26 heavy (non-hydrogen) atoms. The molecule has 1 aliphatic heterocycles. The van der Waals surface area contributed by atoms with Crippen LogP contribution >= 0.6 is 23.2 Å². The number of para-hydroxylation sites is 1. The van der Waals surface area contributed by atoms with Gasteiger partial charge in [-0.05, 0) is 36.8 Å². The lowest BCUT2D eigenvalue weighted by molar-refractivity contribution is -0.121. The number of aromatic amines is 1. The normalized spacial score (nSPS) is 20.0. The number of benzene rings is 2. The Labute approximate surface area is 159 Å². The van der Waals surface area contributed by atoms with Crippen molar-refractivity contribution in [3.8, 4) is 0 Å². The van der Waals surface area contributed by atoms with Crippen LogP contribution in [0.5, 0.6) is 0 Å². The molecule has 2 N–H and O–H groups in total. The predicted molar refractivity (Wildman–Crippen MR) is 103 cm³/mol. The molecule has 1 fully saturated rings. The number of halogens is 2. The number of H-pyrrole nitrogens is 1. The summed E-state index contributed by atoms with van der Waals surface area (Å²) in [7, 11) is 0. The summed E-state index contributed by atoms with van der Waals surface area (Å²) in [5.41, 5.74) is 1.24. The smallest absolute Gasteiger partial charge is 0.329 e. The van der Waals surface area contributed by atoms with Gasteiger partial charge in [-0.2, -0.15) is 0 Å². The monoisotopic (exact) mass is 387 g/mol. The van der Waals surface area contributed by atoms with E-state index >= 15 is 0 Å². The maximum absolute atomic E-state index is 13.1. The van der Waals surface area contributed by atoms with Gasteiger partial charge in [0.2, 0.25) is 0 Å². The SMILES string of the molecule is CC1(Cc2c[nH]c3ccccc23)NC(=O)N(c2cc(Cl)cc(Cl)c2)C1=O. The molecule has 3 aromatic rings. The topological polar surface area (TPSA) is 65.2 Å². The van der Waals surface area contributed by atoms with Gasteiger partial charge in [0.15, 0.2) is 0 Å². The minimum Gasteiger partial charge on any atom is -0.361 e. The number of rotatable bonds is 3. The molecular weight excluding hydrogens is 373 g/mol. The van der Waals surface area contributed by atoms with Crippen LogP contribution in [0, 0.1) is 0 Å². The van der Waals surface area contributed by atoms with Gasteiger partial charge in [-0.15, -0.1) is 0 Å². The highest BCUT2D eigenvalue weighted by molar-refractivity contribution is 6.35. The molecule has 2 heterocycles. The fourth-order valence-electron chi connectivity index (χ4n) is 3.37. The Bertz CT molecular complexity index is 1030. The standard InChI is InChI=1S/C19H15Cl2N3O2/c1-19(9-11-10-22-16-5-3-2-4-15(11)16)17(25)24(18(26)23-19)14-7-12(20)6-13(21)8-14/h2-8,10,22H,9H2,1H3,(H,23,26). The van der Waals surface area contributed by atoms with Gasteiger partial charge < -0.3 is 10.3 Å². The van der Waals surface area contributed by atoms with Gasteiger partial charge in [-0.25, -0.2) is 9.69 Å². The maximum Gasteiger partial charge on any atom is 0.329 e. The zero-order chi connectivity index (χ0) is 18.5. The van der Waals surface area contributed by atoms with Crippen LogP contribution in [0.25, 0.3) is 10.9 Å². The Balaban J connectivity index is 1.69. The third kappa shape index (κ3) is 2.73. The fraction of sp³-hybridized carbons (Fsp3) is 0.158. The van der Waals surface area contributed by atoms with Crippen molar-refractivity contribution in [2.45, 2.75) is 18.9 Å². The maximum atomic E-state index is 13.1. The zero-order valence-corrected chi connectivity index (χ0v) is 15.4. The summed E-state index contributed by atoms with van der Waals surface area (Å²) in [5.74, 6) is -0.342. The first-order chi connectivity index (χ1) is 12.4. The minimum absolute atomic E-state index is 0.342. The van der Waals surface area contributed by atoms with E-state index in [1.54, 1.807) is 25.1 Å².